The van der Waals surface area contributed by atoms with Crippen LogP contribution in [0.15, 0.2) is 11.1 Å². The smallest absolute Gasteiger partial charge is 0.281 e. The molecule has 0 fully saturated rings. The Morgan fingerprint density at radius 2 is 2.12 bits per heavy atom. The van der Waals surface area contributed by atoms with E-state index in [1.54, 1.807) is 0 Å². The Balaban J connectivity index is 3.60. The molecule has 0 spiro atoms. The number of aromatic nitrogens is 1. The number of alkyl halides is 2. The van der Waals surface area contributed by atoms with Crippen LogP contribution in [0, 0.1) is 3.57 Å². The Morgan fingerprint density at radius 3 is 2.50 bits per heavy atom. The van der Waals surface area contributed by atoms with Crippen molar-refractivity contribution in [2.45, 2.75) is 11.3 Å². The SMILES string of the molecule is COc1cnc(C(F)F)c(I)c1S(N)(=O)=O. The molecule has 1 heterocycles. The molecule has 1 rings (SSSR count). The Hall–Kier alpha value is -0.550. The summed E-state index contributed by atoms with van der Waals surface area (Å²) in [5.74, 6) is -0.156. The summed E-state index contributed by atoms with van der Waals surface area (Å²) in [7, 11) is -2.94. The monoisotopic (exact) mass is 364 g/mol. The van der Waals surface area contributed by atoms with Gasteiger partial charge in [-0.15, -0.1) is 0 Å². The molecule has 0 unspecified atom stereocenters. The zero-order valence-electron chi connectivity index (χ0n) is 7.95. The Bertz CT molecular complexity index is 507. The number of ether oxygens (including phenoxy) is 1. The molecular formula is C7H7F2IN2O3S. The fourth-order valence-electron chi connectivity index (χ4n) is 1.03. The van der Waals surface area contributed by atoms with E-state index in [1.807, 2.05) is 0 Å². The van der Waals surface area contributed by atoms with Crippen molar-refractivity contribution in [3.63, 3.8) is 0 Å². The molecule has 0 saturated heterocycles. The molecule has 0 amide bonds. The van der Waals surface area contributed by atoms with Crippen molar-refractivity contribution in [2.75, 3.05) is 7.11 Å². The van der Waals surface area contributed by atoms with E-state index in [2.05, 4.69) is 4.98 Å². The van der Waals surface area contributed by atoms with Crippen LogP contribution in [0.25, 0.3) is 0 Å². The molecule has 9 heteroatoms. The van der Waals surface area contributed by atoms with Gasteiger partial charge in [-0.05, 0) is 22.6 Å². The zero-order chi connectivity index (χ0) is 12.5. The molecule has 0 aliphatic carbocycles. The van der Waals surface area contributed by atoms with Crippen LogP contribution in [0.3, 0.4) is 0 Å². The third-order valence-electron chi connectivity index (χ3n) is 1.68. The highest BCUT2D eigenvalue weighted by atomic mass is 127. The van der Waals surface area contributed by atoms with E-state index in [0.717, 1.165) is 6.20 Å². The second-order valence-electron chi connectivity index (χ2n) is 2.70. The first-order valence-electron chi connectivity index (χ1n) is 3.82. The minimum absolute atomic E-state index is 0.156. The third kappa shape index (κ3) is 2.58. The summed E-state index contributed by atoms with van der Waals surface area (Å²) in [4.78, 5) is 2.95. The van der Waals surface area contributed by atoms with Gasteiger partial charge in [0.1, 0.15) is 10.6 Å². The van der Waals surface area contributed by atoms with Crippen molar-refractivity contribution in [3.05, 3.63) is 15.5 Å². The fourth-order valence-corrected chi connectivity index (χ4v) is 3.36. The van der Waals surface area contributed by atoms with Crippen LogP contribution in [0.1, 0.15) is 12.1 Å². The number of primary sulfonamides is 1. The van der Waals surface area contributed by atoms with Gasteiger partial charge in [0.25, 0.3) is 6.43 Å². The number of halogens is 3. The van der Waals surface area contributed by atoms with Crippen LogP contribution < -0.4 is 9.88 Å². The molecule has 16 heavy (non-hydrogen) atoms. The zero-order valence-corrected chi connectivity index (χ0v) is 10.9. The van der Waals surface area contributed by atoms with E-state index in [9.17, 15) is 17.2 Å². The molecule has 0 bridgehead atoms. The summed E-state index contributed by atoms with van der Waals surface area (Å²) < 4.78 is 51.9. The Labute approximate surface area is 104 Å². The highest BCUT2D eigenvalue weighted by Gasteiger charge is 2.25. The van der Waals surface area contributed by atoms with Gasteiger partial charge in [-0.3, -0.25) is 4.98 Å². The van der Waals surface area contributed by atoms with E-state index in [0.29, 0.717) is 0 Å². The molecule has 1 aromatic rings. The van der Waals surface area contributed by atoms with Crippen molar-refractivity contribution >= 4 is 32.6 Å². The highest BCUT2D eigenvalue weighted by Crippen LogP contribution is 2.32. The second kappa shape index (κ2) is 4.75. The third-order valence-corrected chi connectivity index (χ3v) is 4.11. The predicted octanol–water partition coefficient (Wildman–Crippen LogP) is 1.28. The maximum absolute atomic E-state index is 12.5. The van der Waals surface area contributed by atoms with E-state index >= 15 is 0 Å². The summed E-state index contributed by atoms with van der Waals surface area (Å²) in [5, 5.41) is 4.92. The average molecular weight is 364 g/mol. The summed E-state index contributed by atoms with van der Waals surface area (Å²) in [5.41, 5.74) is -0.634. The molecule has 0 aliphatic rings. The molecule has 5 nitrogen and oxygen atoms in total. The summed E-state index contributed by atoms with van der Waals surface area (Å²) in [6.07, 6.45) is -1.97. The molecule has 1 aromatic heterocycles. The summed E-state index contributed by atoms with van der Waals surface area (Å²) >= 11 is 1.45. The number of nitrogens with zero attached hydrogens (tertiary/aromatic N) is 1. The highest BCUT2D eigenvalue weighted by molar-refractivity contribution is 14.1. The van der Waals surface area contributed by atoms with Crippen molar-refractivity contribution in [1.82, 2.24) is 4.98 Å². The maximum atomic E-state index is 12.5. The van der Waals surface area contributed by atoms with Crippen molar-refractivity contribution in [1.29, 1.82) is 0 Å². The molecule has 0 radical (unpaired) electrons. The number of nitrogens with two attached hydrogens (primary N) is 1. The molecule has 0 aromatic carbocycles. The van der Waals surface area contributed by atoms with E-state index < -0.39 is 27.0 Å². The summed E-state index contributed by atoms with van der Waals surface area (Å²) in [6.45, 7) is 0. The van der Waals surface area contributed by atoms with Gasteiger partial charge in [0.15, 0.2) is 5.75 Å². The standard InChI is InChI=1S/C7H7F2IN2O3S/c1-15-3-2-12-5(7(8)9)4(10)6(3)16(11,13)14/h2,7H,1H3,(H2,11,13,14). The average Bonchev–Trinajstić information content (AvgIpc) is 2.14. The van der Waals surface area contributed by atoms with Crippen molar-refractivity contribution in [2.24, 2.45) is 5.14 Å². The number of pyridine rings is 1. The second-order valence-corrected chi connectivity index (χ2v) is 5.28. The van der Waals surface area contributed by atoms with Gasteiger partial charge < -0.3 is 4.74 Å². The van der Waals surface area contributed by atoms with Gasteiger partial charge in [0, 0.05) is 0 Å². The molecule has 0 atom stereocenters. The van der Waals surface area contributed by atoms with Gasteiger partial charge in [-0.25, -0.2) is 22.3 Å². The number of rotatable bonds is 3. The lowest BCUT2D eigenvalue weighted by molar-refractivity contribution is 0.144. The van der Waals surface area contributed by atoms with Crippen LogP contribution in [-0.4, -0.2) is 20.5 Å². The number of hydrogen-bond donors (Lipinski definition) is 1. The number of sulfonamides is 1. The minimum Gasteiger partial charge on any atom is -0.494 e. The van der Waals surface area contributed by atoms with E-state index in [1.165, 1.54) is 29.7 Å². The Morgan fingerprint density at radius 1 is 1.56 bits per heavy atom. The lowest BCUT2D eigenvalue weighted by Gasteiger charge is -2.11. The fraction of sp³-hybridized carbons (Fsp3) is 0.286. The van der Waals surface area contributed by atoms with E-state index in [4.69, 9.17) is 9.88 Å². The van der Waals surface area contributed by atoms with Gasteiger partial charge in [0.05, 0.1) is 16.9 Å². The van der Waals surface area contributed by atoms with Crippen LogP contribution in [-0.2, 0) is 10.0 Å². The quantitative estimate of drug-likeness (QED) is 0.820. The normalized spacial score (nSPS) is 11.9. The number of methoxy groups -OCH3 is 1. The molecule has 90 valence electrons. The maximum Gasteiger partial charge on any atom is 0.281 e. The topological polar surface area (TPSA) is 82.3 Å². The van der Waals surface area contributed by atoms with Crippen LogP contribution in [0.5, 0.6) is 5.75 Å². The van der Waals surface area contributed by atoms with Crippen LogP contribution >= 0.6 is 22.6 Å². The molecule has 0 aliphatic heterocycles. The minimum atomic E-state index is -4.14. The largest absolute Gasteiger partial charge is 0.494 e. The van der Waals surface area contributed by atoms with Crippen molar-refractivity contribution in [3.8, 4) is 5.75 Å². The van der Waals surface area contributed by atoms with E-state index in [-0.39, 0.29) is 9.32 Å². The molecule has 2 N–H and O–H groups in total. The molecular weight excluding hydrogens is 357 g/mol. The first-order chi connectivity index (χ1) is 7.29. The molecule has 0 saturated carbocycles. The van der Waals surface area contributed by atoms with Gasteiger partial charge >= 0.3 is 0 Å². The lowest BCUT2D eigenvalue weighted by Crippen LogP contribution is -2.17. The Kier molecular flexibility index (Phi) is 4.02. The van der Waals surface area contributed by atoms with Gasteiger partial charge in [-0.1, -0.05) is 0 Å². The predicted molar refractivity (Wildman–Crippen MR) is 59.8 cm³/mol. The van der Waals surface area contributed by atoms with Crippen molar-refractivity contribution < 1.29 is 21.9 Å². The number of hydrogen-bond acceptors (Lipinski definition) is 4. The van der Waals surface area contributed by atoms with Gasteiger partial charge in [0.2, 0.25) is 10.0 Å². The first kappa shape index (κ1) is 13.5. The van der Waals surface area contributed by atoms with Gasteiger partial charge in [-0.2, -0.15) is 0 Å². The van der Waals surface area contributed by atoms with Crippen LogP contribution in [0.2, 0.25) is 0 Å². The first-order valence-corrected chi connectivity index (χ1v) is 6.45. The van der Waals surface area contributed by atoms with Crippen LogP contribution in [0.4, 0.5) is 8.78 Å². The summed E-state index contributed by atoms with van der Waals surface area (Å²) in [6, 6.07) is 0. The lowest BCUT2D eigenvalue weighted by atomic mass is 10.3.